The van der Waals surface area contributed by atoms with Crippen molar-refractivity contribution in [3.05, 3.63) is 0 Å². The van der Waals surface area contributed by atoms with Crippen molar-refractivity contribution in [3.8, 4) is 0 Å². The molecular weight excluding hydrogens is 402 g/mol. The summed E-state index contributed by atoms with van der Waals surface area (Å²) in [6.07, 6.45) is -21.6. The second kappa shape index (κ2) is 7.24. The Hall–Kier alpha value is -0.920. The van der Waals surface area contributed by atoms with E-state index in [2.05, 4.69) is 4.74 Å². The van der Waals surface area contributed by atoms with Crippen LogP contribution in [0, 0.1) is 0 Å². The van der Waals surface area contributed by atoms with Crippen molar-refractivity contribution in [1.29, 1.82) is 0 Å². The molecule has 0 saturated carbocycles. The predicted octanol–water partition coefficient (Wildman–Crippen LogP) is 4.15. The Kier molecular flexibility index (Phi) is 6.44. The quantitative estimate of drug-likeness (QED) is 0.626. The number of nitrogens with zero attached hydrogens (tertiary/aromatic N) is 1. The van der Waals surface area contributed by atoms with Gasteiger partial charge in [0.15, 0.2) is 0 Å². The lowest BCUT2D eigenvalue weighted by molar-refractivity contribution is -0.287. The summed E-state index contributed by atoms with van der Waals surface area (Å²) in [5.74, 6) is -10.6. The van der Waals surface area contributed by atoms with Crippen LogP contribution in [0.2, 0.25) is 0 Å². The van der Waals surface area contributed by atoms with Crippen molar-refractivity contribution >= 4 is 0 Å². The van der Waals surface area contributed by atoms with Crippen LogP contribution < -0.4 is 0 Å². The lowest BCUT2D eigenvalue weighted by atomic mass is 9.97. The number of morpholine rings is 1. The lowest BCUT2D eigenvalue weighted by Crippen LogP contribution is -2.66. The number of hydrogen-bond donors (Lipinski definition) is 0. The van der Waals surface area contributed by atoms with Crippen LogP contribution in [-0.2, 0) is 4.74 Å². The Morgan fingerprint density at radius 1 is 0.846 bits per heavy atom. The van der Waals surface area contributed by atoms with Crippen LogP contribution in [0.1, 0.15) is 6.92 Å². The summed E-state index contributed by atoms with van der Waals surface area (Å²) in [5, 5.41) is 0. The Bertz CT molecular complexity index is 476. The zero-order chi connectivity index (χ0) is 20.7. The van der Waals surface area contributed by atoms with Gasteiger partial charge in [-0.3, -0.25) is 4.90 Å². The third-order valence-corrected chi connectivity index (χ3v) is 3.92. The molecule has 156 valence electrons. The molecule has 0 amide bonds. The fraction of sp³-hybridized carbons (Fsp3) is 1.00. The number of alkyl halides is 12. The fourth-order valence-electron chi connectivity index (χ4n) is 2.45. The first-order valence-electron chi connectivity index (χ1n) is 6.95. The molecule has 4 unspecified atom stereocenters. The third kappa shape index (κ3) is 4.49. The van der Waals surface area contributed by atoms with Gasteiger partial charge in [-0.15, -0.1) is 0 Å². The summed E-state index contributed by atoms with van der Waals surface area (Å²) < 4.78 is 159. The van der Waals surface area contributed by atoms with Crippen LogP contribution >= 0.6 is 0 Å². The smallest absolute Gasteiger partial charge is 0.378 e. The van der Waals surface area contributed by atoms with Crippen molar-refractivity contribution < 1.29 is 57.4 Å². The molecule has 0 radical (unpaired) electrons. The summed E-state index contributed by atoms with van der Waals surface area (Å²) in [7, 11) is 0. The molecule has 0 spiro atoms. The van der Waals surface area contributed by atoms with E-state index in [-0.39, 0.29) is 11.8 Å². The largest absolute Gasteiger partial charge is 0.425 e. The average Bonchev–Trinajstić information content (AvgIpc) is 2.50. The van der Waals surface area contributed by atoms with Gasteiger partial charge in [0.1, 0.15) is 6.04 Å². The zero-order valence-electron chi connectivity index (χ0n) is 12.8. The molecule has 0 aromatic heterocycles. The summed E-state index contributed by atoms with van der Waals surface area (Å²) in [4.78, 5) is -0.194. The van der Waals surface area contributed by atoms with E-state index in [0.29, 0.717) is 0 Å². The van der Waals surface area contributed by atoms with E-state index in [1.807, 2.05) is 0 Å². The summed E-state index contributed by atoms with van der Waals surface area (Å²) in [5.41, 5.74) is 0. The molecule has 1 fully saturated rings. The lowest BCUT2D eigenvalue weighted by Gasteiger charge is -2.46. The van der Waals surface area contributed by atoms with Crippen molar-refractivity contribution in [2.45, 2.75) is 55.5 Å². The van der Waals surface area contributed by atoms with Gasteiger partial charge in [-0.25, -0.2) is 26.3 Å². The normalized spacial score (nSPS) is 25.0. The highest BCUT2D eigenvalue weighted by molar-refractivity contribution is 5.01. The minimum atomic E-state index is -6.06. The molecule has 2 nitrogen and oxygen atoms in total. The van der Waals surface area contributed by atoms with Crippen LogP contribution in [0.15, 0.2) is 0 Å². The highest BCUT2D eigenvalue weighted by Gasteiger charge is 2.66. The zero-order valence-corrected chi connectivity index (χ0v) is 12.8. The van der Waals surface area contributed by atoms with Crippen LogP contribution in [0.5, 0.6) is 0 Å². The number of ether oxygens (including phenoxy) is 1. The molecule has 1 aliphatic heterocycles. The van der Waals surface area contributed by atoms with Gasteiger partial charge < -0.3 is 4.74 Å². The van der Waals surface area contributed by atoms with Crippen molar-refractivity contribution in [3.63, 3.8) is 0 Å². The van der Waals surface area contributed by atoms with E-state index in [1.165, 1.54) is 0 Å². The molecule has 0 aromatic carbocycles. The first-order valence-corrected chi connectivity index (χ1v) is 6.95. The number of halogens is 12. The monoisotopic (exact) mass is 415 g/mol. The molecule has 26 heavy (non-hydrogen) atoms. The van der Waals surface area contributed by atoms with Gasteiger partial charge >= 0.3 is 24.2 Å². The van der Waals surface area contributed by atoms with Crippen LogP contribution in [0.25, 0.3) is 0 Å². The standard InChI is InChI=1S/C12H13F12NO/c1-5(9(15,16)7(13)11(19,20)21)25-2-3-26-4-6(25)10(17,18)8(14)12(22,23)24/h5-8H,2-4H2,1H3. The fourth-order valence-corrected chi connectivity index (χ4v) is 2.45. The van der Waals surface area contributed by atoms with Crippen LogP contribution in [0.3, 0.4) is 0 Å². The summed E-state index contributed by atoms with van der Waals surface area (Å²) in [6, 6.07) is -5.89. The molecule has 0 aliphatic carbocycles. The minimum Gasteiger partial charge on any atom is -0.378 e. The molecule has 0 bridgehead atoms. The van der Waals surface area contributed by atoms with Gasteiger partial charge in [-0.1, -0.05) is 0 Å². The molecular formula is C12H13F12NO. The molecule has 1 saturated heterocycles. The summed E-state index contributed by atoms with van der Waals surface area (Å²) in [6.45, 7) is -2.73. The van der Waals surface area contributed by atoms with Crippen molar-refractivity contribution in [2.24, 2.45) is 0 Å². The molecule has 1 rings (SSSR count). The van der Waals surface area contributed by atoms with Crippen LogP contribution in [0.4, 0.5) is 52.7 Å². The predicted molar refractivity (Wildman–Crippen MR) is 62.6 cm³/mol. The van der Waals surface area contributed by atoms with Gasteiger partial charge in [0.2, 0.25) is 0 Å². The van der Waals surface area contributed by atoms with Crippen molar-refractivity contribution in [2.75, 3.05) is 19.8 Å². The van der Waals surface area contributed by atoms with E-state index in [9.17, 15) is 52.7 Å². The Balaban J connectivity index is 3.19. The first kappa shape index (κ1) is 23.1. The molecule has 0 N–H and O–H groups in total. The van der Waals surface area contributed by atoms with Crippen LogP contribution in [-0.4, -0.2) is 73.3 Å². The maximum atomic E-state index is 13.9. The van der Waals surface area contributed by atoms with E-state index >= 15 is 0 Å². The Morgan fingerprint density at radius 2 is 1.31 bits per heavy atom. The number of rotatable bonds is 5. The average molecular weight is 415 g/mol. The van der Waals surface area contributed by atoms with Gasteiger partial charge in [-0.05, 0) is 6.92 Å². The van der Waals surface area contributed by atoms with E-state index in [1.54, 1.807) is 0 Å². The highest BCUT2D eigenvalue weighted by atomic mass is 19.4. The van der Waals surface area contributed by atoms with Gasteiger partial charge in [0, 0.05) is 6.54 Å². The Labute approximate surface area is 139 Å². The molecule has 4 atom stereocenters. The number of hydrogen-bond acceptors (Lipinski definition) is 2. The van der Waals surface area contributed by atoms with E-state index in [4.69, 9.17) is 0 Å². The van der Waals surface area contributed by atoms with Crippen molar-refractivity contribution in [1.82, 2.24) is 4.90 Å². The molecule has 14 heteroatoms. The third-order valence-electron chi connectivity index (χ3n) is 3.92. The van der Waals surface area contributed by atoms with Gasteiger partial charge in [0.25, 0.3) is 12.3 Å². The second-order valence-electron chi connectivity index (χ2n) is 5.66. The maximum Gasteiger partial charge on any atom is 0.425 e. The van der Waals surface area contributed by atoms with E-state index < -0.39 is 68.4 Å². The topological polar surface area (TPSA) is 12.5 Å². The van der Waals surface area contributed by atoms with Gasteiger partial charge in [0.05, 0.1) is 19.3 Å². The first-order chi connectivity index (χ1) is 11.4. The molecule has 1 aliphatic rings. The highest BCUT2D eigenvalue weighted by Crippen LogP contribution is 2.43. The maximum absolute atomic E-state index is 13.9. The van der Waals surface area contributed by atoms with Gasteiger partial charge in [-0.2, -0.15) is 26.3 Å². The second-order valence-corrected chi connectivity index (χ2v) is 5.66. The molecule has 1 heterocycles. The summed E-state index contributed by atoms with van der Waals surface area (Å²) >= 11 is 0. The Morgan fingerprint density at radius 3 is 1.73 bits per heavy atom. The SMILES string of the molecule is CC(N1CCOCC1C(F)(F)C(F)C(F)(F)F)C(F)(F)C(F)C(F)(F)F. The molecule has 0 aromatic rings. The minimum absolute atomic E-state index is 0.194. The van der Waals surface area contributed by atoms with E-state index in [0.717, 1.165) is 0 Å².